The molecule has 0 aromatic rings. The van der Waals surface area contributed by atoms with Gasteiger partial charge in [-0.1, -0.05) is 6.92 Å². The molecule has 1 N–H and O–H groups in total. The highest BCUT2D eigenvalue weighted by Gasteiger charge is 2.33. The Hall–Kier alpha value is -0.750. The minimum Gasteiger partial charge on any atom is -0.480 e. The lowest BCUT2D eigenvalue weighted by molar-refractivity contribution is -0.148. The van der Waals surface area contributed by atoms with Gasteiger partial charge in [0.2, 0.25) is 5.91 Å². The fourth-order valence-electron chi connectivity index (χ4n) is 1.44. The molecule has 92 valence electrons. The van der Waals surface area contributed by atoms with Crippen molar-refractivity contribution in [1.29, 1.82) is 0 Å². The first kappa shape index (κ1) is 13.3. The first-order chi connectivity index (χ1) is 7.66. The second kappa shape index (κ2) is 6.75. The predicted octanol–water partition coefficient (Wildman–Crippen LogP) is 0.789. The third-order valence-electron chi connectivity index (χ3n) is 2.30. The largest absolute Gasteiger partial charge is 0.480 e. The molecule has 0 aromatic heterocycles. The molecule has 6 heteroatoms. The van der Waals surface area contributed by atoms with Crippen LogP contribution in [0.2, 0.25) is 0 Å². The second-order valence-corrected chi connectivity index (χ2v) is 4.58. The van der Waals surface area contributed by atoms with E-state index in [4.69, 9.17) is 9.84 Å². The van der Waals surface area contributed by atoms with Gasteiger partial charge >= 0.3 is 5.97 Å². The Balaban J connectivity index is 2.32. The summed E-state index contributed by atoms with van der Waals surface area (Å²) in [4.78, 5) is 24.0. The number of amides is 1. The molecule has 16 heavy (non-hydrogen) atoms. The molecule has 1 saturated heterocycles. The molecule has 0 unspecified atom stereocenters. The monoisotopic (exact) mass is 247 g/mol. The first-order valence-electron chi connectivity index (χ1n) is 5.34. The first-order valence-corrected chi connectivity index (χ1v) is 6.50. The standard InChI is InChI=1S/C10H17NO4S/c1-2-4-15-5-3-9(12)11-7-16-6-8(11)10(13)14/h8H,2-7H2,1H3,(H,13,14)/t8-/m0/s1. The van der Waals surface area contributed by atoms with E-state index in [0.717, 1.165) is 6.42 Å². The molecule has 0 bridgehead atoms. The van der Waals surface area contributed by atoms with Crippen LogP contribution in [0.15, 0.2) is 0 Å². The van der Waals surface area contributed by atoms with Gasteiger partial charge in [-0.25, -0.2) is 4.79 Å². The summed E-state index contributed by atoms with van der Waals surface area (Å²) in [6.07, 6.45) is 1.19. The fourth-order valence-corrected chi connectivity index (χ4v) is 2.61. The van der Waals surface area contributed by atoms with Gasteiger partial charge < -0.3 is 14.7 Å². The van der Waals surface area contributed by atoms with Crippen LogP contribution < -0.4 is 0 Å². The maximum absolute atomic E-state index is 11.7. The molecule has 0 aliphatic carbocycles. The van der Waals surface area contributed by atoms with Gasteiger partial charge in [0.15, 0.2) is 0 Å². The Bertz CT molecular complexity index is 259. The number of ether oxygens (including phenoxy) is 1. The Kier molecular flexibility index (Phi) is 5.62. The highest BCUT2D eigenvalue weighted by molar-refractivity contribution is 7.99. The van der Waals surface area contributed by atoms with Crippen LogP contribution in [0.1, 0.15) is 19.8 Å². The van der Waals surface area contributed by atoms with Crippen molar-refractivity contribution in [3.63, 3.8) is 0 Å². The summed E-state index contributed by atoms with van der Waals surface area (Å²) in [5.74, 6) is -0.0955. The number of carboxylic acids is 1. The minimum absolute atomic E-state index is 0.131. The van der Waals surface area contributed by atoms with Crippen LogP contribution in [0.4, 0.5) is 0 Å². The zero-order chi connectivity index (χ0) is 12.0. The highest BCUT2D eigenvalue weighted by Crippen LogP contribution is 2.21. The van der Waals surface area contributed by atoms with Crippen molar-refractivity contribution in [2.24, 2.45) is 0 Å². The molecule has 1 rings (SSSR count). The summed E-state index contributed by atoms with van der Waals surface area (Å²) in [6.45, 7) is 3.02. The van der Waals surface area contributed by atoms with Crippen LogP contribution in [-0.2, 0) is 14.3 Å². The number of carbonyl (C=O) groups excluding carboxylic acids is 1. The van der Waals surface area contributed by atoms with E-state index in [1.807, 2.05) is 6.92 Å². The summed E-state index contributed by atoms with van der Waals surface area (Å²) < 4.78 is 5.21. The van der Waals surface area contributed by atoms with E-state index in [1.54, 1.807) is 0 Å². The molecule has 1 aliphatic heterocycles. The minimum atomic E-state index is -0.923. The normalized spacial score (nSPS) is 20.1. The van der Waals surface area contributed by atoms with Crippen LogP contribution in [-0.4, -0.2) is 52.8 Å². The zero-order valence-electron chi connectivity index (χ0n) is 9.35. The van der Waals surface area contributed by atoms with Crippen LogP contribution in [0, 0.1) is 0 Å². The molecular formula is C10H17NO4S. The van der Waals surface area contributed by atoms with Crippen molar-refractivity contribution < 1.29 is 19.4 Å². The lowest BCUT2D eigenvalue weighted by atomic mass is 10.3. The Morgan fingerprint density at radius 2 is 2.25 bits per heavy atom. The lowest BCUT2D eigenvalue weighted by Gasteiger charge is -2.20. The molecule has 5 nitrogen and oxygen atoms in total. The summed E-state index contributed by atoms with van der Waals surface area (Å²) in [5.41, 5.74) is 0. The van der Waals surface area contributed by atoms with E-state index < -0.39 is 12.0 Å². The van der Waals surface area contributed by atoms with Crippen molar-refractivity contribution in [1.82, 2.24) is 4.90 Å². The molecule has 1 atom stereocenters. The number of aliphatic carboxylic acids is 1. The van der Waals surface area contributed by atoms with Crippen molar-refractivity contribution >= 4 is 23.6 Å². The molecule has 1 amide bonds. The Morgan fingerprint density at radius 1 is 1.50 bits per heavy atom. The molecule has 1 aliphatic rings. The SMILES string of the molecule is CCCOCCC(=O)N1CSC[C@H]1C(=O)O. The second-order valence-electron chi connectivity index (χ2n) is 3.58. The van der Waals surface area contributed by atoms with Crippen LogP contribution in [0.5, 0.6) is 0 Å². The number of hydrogen-bond donors (Lipinski definition) is 1. The van der Waals surface area contributed by atoms with Gasteiger partial charge in [0, 0.05) is 12.4 Å². The molecular weight excluding hydrogens is 230 g/mol. The van der Waals surface area contributed by atoms with Gasteiger partial charge in [0.05, 0.1) is 18.9 Å². The summed E-state index contributed by atoms with van der Waals surface area (Å²) in [6, 6.07) is -0.663. The zero-order valence-corrected chi connectivity index (χ0v) is 10.2. The maximum atomic E-state index is 11.7. The molecule has 0 radical (unpaired) electrons. The fraction of sp³-hybridized carbons (Fsp3) is 0.800. The maximum Gasteiger partial charge on any atom is 0.327 e. The average Bonchev–Trinajstić information content (AvgIpc) is 2.73. The van der Waals surface area contributed by atoms with E-state index in [9.17, 15) is 9.59 Å². The Morgan fingerprint density at radius 3 is 2.88 bits per heavy atom. The number of rotatable bonds is 6. The van der Waals surface area contributed by atoms with E-state index in [2.05, 4.69) is 0 Å². The summed E-state index contributed by atoms with van der Waals surface area (Å²) >= 11 is 1.47. The van der Waals surface area contributed by atoms with Gasteiger partial charge in [0.1, 0.15) is 6.04 Å². The Labute approximate surface area is 99.1 Å². The van der Waals surface area contributed by atoms with Gasteiger partial charge in [-0.05, 0) is 6.42 Å². The number of thioether (sulfide) groups is 1. The predicted molar refractivity (Wildman–Crippen MR) is 61.3 cm³/mol. The number of nitrogens with zero attached hydrogens (tertiary/aromatic N) is 1. The van der Waals surface area contributed by atoms with E-state index in [1.165, 1.54) is 16.7 Å². The number of carboxylic acid groups (broad SMARTS) is 1. The summed E-state index contributed by atoms with van der Waals surface area (Å²) in [7, 11) is 0. The topological polar surface area (TPSA) is 66.8 Å². The van der Waals surface area contributed by atoms with E-state index in [0.29, 0.717) is 24.8 Å². The number of carbonyl (C=O) groups is 2. The molecule has 0 saturated carbocycles. The summed E-state index contributed by atoms with van der Waals surface area (Å²) in [5, 5.41) is 8.90. The number of hydrogen-bond acceptors (Lipinski definition) is 4. The molecule has 0 aromatic carbocycles. The van der Waals surface area contributed by atoms with Crippen molar-refractivity contribution in [3.8, 4) is 0 Å². The van der Waals surface area contributed by atoms with Crippen molar-refractivity contribution in [3.05, 3.63) is 0 Å². The third-order valence-corrected chi connectivity index (χ3v) is 3.31. The molecule has 1 heterocycles. The van der Waals surface area contributed by atoms with E-state index in [-0.39, 0.29) is 12.3 Å². The van der Waals surface area contributed by atoms with E-state index >= 15 is 0 Å². The van der Waals surface area contributed by atoms with Crippen molar-refractivity contribution in [2.75, 3.05) is 24.8 Å². The molecule has 1 fully saturated rings. The van der Waals surface area contributed by atoms with Crippen LogP contribution in [0.25, 0.3) is 0 Å². The lowest BCUT2D eigenvalue weighted by Crippen LogP contribution is -2.42. The van der Waals surface area contributed by atoms with Gasteiger partial charge in [-0.2, -0.15) is 0 Å². The quantitative estimate of drug-likeness (QED) is 0.703. The van der Waals surface area contributed by atoms with Gasteiger partial charge in [-0.3, -0.25) is 4.79 Å². The van der Waals surface area contributed by atoms with Crippen molar-refractivity contribution in [2.45, 2.75) is 25.8 Å². The van der Waals surface area contributed by atoms with Crippen LogP contribution in [0.3, 0.4) is 0 Å². The van der Waals surface area contributed by atoms with Gasteiger partial charge in [0.25, 0.3) is 0 Å². The molecule has 0 spiro atoms. The van der Waals surface area contributed by atoms with Gasteiger partial charge in [-0.15, -0.1) is 11.8 Å². The third kappa shape index (κ3) is 3.68. The smallest absolute Gasteiger partial charge is 0.327 e. The highest BCUT2D eigenvalue weighted by atomic mass is 32.2. The van der Waals surface area contributed by atoms with Crippen LogP contribution >= 0.6 is 11.8 Å². The average molecular weight is 247 g/mol.